The molecule has 0 saturated carbocycles. The first-order chi connectivity index (χ1) is 14.1. The van der Waals surface area contributed by atoms with Crippen LogP contribution in [0.3, 0.4) is 0 Å². The summed E-state index contributed by atoms with van der Waals surface area (Å²) < 4.78 is 5.31. The number of carbonyl (C=O) groups excluding carboxylic acids is 2. The van der Waals surface area contributed by atoms with E-state index in [0.717, 1.165) is 17.0 Å². The van der Waals surface area contributed by atoms with E-state index in [-0.39, 0.29) is 11.8 Å². The molecule has 0 heterocycles. The van der Waals surface area contributed by atoms with Crippen LogP contribution in [-0.4, -0.2) is 25.5 Å². The number of amides is 2. The summed E-state index contributed by atoms with van der Waals surface area (Å²) in [5, 5.41) is 2.89. The number of nitrogens with one attached hydrogen (secondary N) is 1. The van der Waals surface area contributed by atoms with Gasteiger partial charge < -0.3 is 15.0 Å². The van der Waals surface area contributed by atoms with Gasteiger partial charge in [-0.25, -0.2) is 0 Å². The summed E-state index contributed by atoms with van der Waals surface area (Å²) in [6, 6.07) is 23.8. The lowest BCUT2D eigenvalue weighted by Crippen LogP contribution is -2.31. The smallest absolute Gasteiger partial charge is 0.258 e. The van der Waals surface area contributed by atoms with E-state index in [1.165, 1.54) is 0 Å². The van der Waals surface area contributed by atoms with Crippen LogP contribution in [0.2, 0.25) is 0 Å². The highest BCUT2D eigenvalue weighted by Gasteiger charge is 2.17. The molecule has 0 atom stereocenters. The summed E-state index contributed by atoms with van der Waals surface area (Å²) >= 11 is 0. The van der Waals surface area contributed by atoms with Gasteiger partial charge in [0.15, 0.2) is 0 Å². The Morgan fingerprint density at radius 1 is 0.897 bits per heavy atom. The molecular weight excluding hydrogens is 364 g/mol. The molecule has 0 aliphatic carbocycles. The van der Waals surface area contributed by atoms with Gasteiger partial charge in [0.05, 0.1) is 7.11 Å². The van der Waals surface area contributed by atoms with Gasteiger partial charge in [-0.15, -0.1) is 0 Å². The van der Waals surface area contributed by atoms with Crippen LogP contribution in [-0.2, 0) is 6.54 Å². The third-order valence-corrected chi connectivity index (χ3v) is 4.63. The van der Waals surface area contributed by atoms with Crippen LogP contribution in [0.5, 0.6) is 5.75 Å². The van der Waals surface area contributed by atoms with E-state index in [9.17, 15) is 9.59 Å². The van der Waals surface area contributed by atoms with E-state index in [1.54, 1.807) is 36.3 Å². The second-order valence-electron chi connectivity index (χ2n) is 6.46. The maximum Gasteiger partial charge on any atom is 0.258 e. The fourth-order valence-corrected chi connectivity index (χ4v) is 3.13. The largest absolute Gasteiger partial charge is 0.496 e. The fourth-order valence-electron chi connectivity index (χ4n) is 3.13. The number of hydrogen-bond acceptors (Lipinski definition) is 3. The van der Waals surface area contributed by atoms with Crippen molar-refractivity contribution in [3.63, 3.8) is 0 Å². The van der Waals surface area contributed by atoms with Gasteiger partial charge in [-0.2, -0.15) is 0 Å². The van der Waals surface area contributed by atoms with Crippen LogP contribution >= 0.6 is 0 Å². The maximum absolute atomic E-state index is 13.0. The number of methoxy groups -OCH3 is 1. The minimum atomic E-state index is -0.242. The molecule has 0 aliphatic rings. The summed E-state index contributed by atoms with van der Waals surface area (Å²) in [5.41, 5.74) is 2.62. The Balaban J connectivity index is 1.74. The number of rotatable bonds is 7. The highest BCUT2D eigenvalue weighted by atomic mass is 16.5. The van der Waals surface area contributed by atoms with Crippen LogP contribution < -0.4 is 15.0 Å². The molecule has 2 amide bonds. The van der Waals surface area contributed by atoms with Gasteiger partial charge in [-0.1, -0.05) is 42.5 Å². The summed E-state index contributed by atoms with van der Waals surface area (Å²) in [5.74, 6) is 0.338. The SMILES string of the molecule is CCN(C(=O)c1cccc(C(=O)NCc2ccccc2OC)c1)c1ccccc1. The number of para-hydroxylation sites is 2. The Labute approximate surface area is 170 Å². The molecule has 1 N–H and O–H groups in total. The molecule has 0 radical (unpaired) electrons. The predicted octanol–water partition coefficient (Wildman–Crippen LogP) is 4.29. The zero-order chi connectivity index (χ0) is 20.6. The second-order valence-corrected chi connectivity index (χ2v) is 6.46. The normalized spacial score (nSPS) is 10.3. The van der Waals surface area contributed by atoms with Crippen LogP contribution in [0.15, 0.2) is 78.9 Å². The van der Waals surface area contributed by atoms with Gasteiger partial charge in [0.2, 0.25) is 0 Å². The molecule has 148 valence electrons. The van der Waals surface area contributed by atoms with Crippen LogP contribution in [0, 0.1) is 0 Å². The minimum absolute atomic E-state index is 0.141. The van der Waals surface area contributed by atoms with E-state index < -0.39 is 0 Å². The lowest BCUT2D eigenvalue weighted by atomic mass is 10.1. The molecule has 5 nitrogen and oxygen atoms in total. The number of benzene rings is 3. The quantitative estimate of drug-likeness (QED) is 0.657. The lowest BCUT2D eigenvalue weighted by Gasteiger charge is -2.21. The second kappa shape index (κ2) is 9.55. The predicted molar refractivity (Wildman–Crippen MR) is 114 cm³/mol. The number of anilines is 1. The lowest BCUT2D eigenvalue weighted by molar-refractivity contribution is 0.0950. The topological polar surface area (TPSA) is 58.6 Å². The highest BCUT2D eigenvalue weighted by molar-refractivity contribution is 6.07. The summed E-state index contributed by atoms with van der Waals surface area (Å²) in [6.07, 6.45) is 0. The maximum atomic E-state index is 13.0. The molecular formula is C24H24N2O3. The first-order valence-electron chi connectivity index (χ1n) is 9.51. The molecule has 3 aromatic rings. The number of hydrogen-bond donors (Lipinski definition) is 1. The Bertz CT molecular complexity index is 986. The Morgan fingerprint density at radius 2 is 1.59 bits per heavy atom. The van der Waals surface area contributed by atoms with E-state index in [0.29, 0.717) is 24.2 Å². The van der Waals surface area contributed by atoms with Crippen molar-refractivity contribution >= 4 is 17.5 Å². The van der Waals surface area contributed by atoms with Gasteiger partial charge >= 0.3 is 0 Å². The molecule has 3 aromatic carbocycles. The molecule has 0 spiro atoms. The number of ether oxygens (including phenoxy) is 1. The van der Waals surface area contributed by atoms with Crippen molar-refractivity contribution in [1.29, 1.82) is 0 Å². The van der Waals surface area contributed by atoms with Crippen LogP contribution in [0.4, 0.5) is 5.69 Å². The van der Waals surface area contributed by atoms with E-state index in [4.69, 9.17) is 4.74 Å². The fraction of sp³-hybridized carbons (Fsp3) is 0.167. The monoisotopic (exact) mass is 388 g/mol. The molecule has 0 unspecified atom stereocenters. The molecule has 3 rings (SSSR count). The van der Waals surface area contributed by atoms with Crippen LogP contribution in [0.25, 0.3) is 0 Å². The number of carbonyl (C=O) groups is 2. The Hall–Kier alpha value is -3.60. The first kappa shape index (κ1) is 20.1. The zero-order valence-corrected chi connectivity index (χ0v) is 16.6. The van der Waals surface area contributed by atoms with Gasteiger partial charge in [0.25, 0.3) is 11.8 Å². The molecule has 0 bridgehead atoms. The standard InChI is InChI=1S/C24H24N2O3/c1-3-26(21-13-5-4-6-14-21)24(28)19-12-9-11-18(16-19)23(27)25-17-20-10-7-8-15-22(20)29-2/h4-16H,3,17H2,1-2H3,(H,25,27). The van der Waals surface area contributed by atoms with Gasteiger partial charge in [0, 0.05) is 35.5 Å². The summed E-state index contributed by atoms with van der Waals surface area (Å²) in [7, 11) is 1.60. The minimum Gasteiger partial charge on any atom is -0.496 e. The van der Waals surface area contributed by atoms with Gasteiger partial charge in [-0.3, -0.25) is 9.59 Å². The Morgan fingerprint density at radius 3 is 2.31 bits per heavy atom. The van der Waals surface area contributed by atoms with Crippen molar-refractivity contribution in [1.82, 2.24) is 5.32 Å². The third kappa shape index (κ3) is 4.82. The number of nitrogens with zero attached hydrogens (tertiary/aromatic N) is 1. The van der Waals surface area contributed by atoms with Gasteiger partial charge in [-0.05, 0) is 43.3 Å². The van der Waals surface area contributed by atoms with E-state index in [2.05, 4.69) is 5.32 Å². The van der Waals surface area contributed by atoms with Crippen molar-refractivity contribution in [2.75, 3.05) is 18.6 Å². The van der Waals surface area contributed by atoms with Crippen molar-refractivity contribution in [3.8, 4) is 5.75 Å². The average Bonchev–Trinajstić information content (AvgIpc) is 2.79. The Kier molecular flexibility index (Phi) is 6.63. The van der Waals surface area contributed by atoms with Crippen molar-refractivity contribution < 1.29 is 14.3 Å². The molecule has 29 heavy (non-hydrogen) atoms. The highest BCUT2D eigenvalue weighted by Crippen LogP contribution is 2.19. The van der Waals surface area contributed by atoms with E-state index in [1.807, 2.05) is 61.5 Å². The molecule has 0 aromatic heterocycles. The van der Waals surface area contributed by atoms with E-state index >= 15 is 0 Å². The van der Waals surface area contributed by atoms with Crippen molar-refractivity contribution in [2.45, 2.75) is 13.5 Å². The molecule has 0 aliphatic heterocycles. The van der Waals surface area contributed by atoms with Crippen molar-refractivity contribution in [2.24, 2.45) is 0 Å². The average molecular weight is 388 g/mol. The summed E-state index contributed by atoms with van der Waals surface area (Å²) in [4.78, 5) is 27.3. The molecule has 5 heteroatoms. The van der Waals surface area contributed by atoms with Crippen LogP contribution in [0.1, 0.15) is 33.2 Å². The van der Waals surface area contributed by atoms with Gasteiger partial charge in [0.1, 0.15) is 5.75 Å². The molecule has 0 saturated heterocycles. The molecule has 0 fully saturated rings. The van der Waals surface area contributed by atoms with Crippen molar-refractivity contribution in [3.05, 3.63) is 95.6 Å². The zero-order valence-electron chi connectivity index (χ0n) is 16.6. The third-order valence-electron chi connectivity index (χ3n) is 4.63. The summed E-state index contributed by atoms with van der Waals surface area (Å²) in [6.45, 7) is 2.80. The first-order valence-corrected chi connectivity index (χ1v) is 9.51.